The van der Waals surface area contributed by atoms with Gasteiger partial charge in [0.25, 0.3) is 0 Å². The molecule has 3 rings (SSSR count). The first-order valence-electron chi connectivity index (χ1n) is 9.15. The number of carbonyl (C=O) groups excluding carboxylic acids is 1. The topological polar surface area (TPSA) is 90.7 Å². The molecule has 0 spiro atoms. The predicted molar refractivity (Wildman–Crippen MR) is 118 cm³/mol. The van der Waals surface area contributed by atoms with Crippen LogP contribution in [0.25, 0.3) is 22.9 Å². The Morgan fingerprint density at radius 1 is 1.00 bits per heavy atom. The summed E-state index contributed by atoms with van der Waals surface area (Å²) in [6, 6.07) is 12.8. The lowest BCUT2D eigenvalue weighted by Gasteiger charge is -2.08. The van der Waals surface area contributed by atoms with Gasteiger partial charge in [-0.05, 0) is 42.0 Å². The average molecular weight is 436 g/mol. The fourth-order valence-corrected chi connectivity index (χ4v) is 3.64. The van der Waals surface area contributed by atoms with Gasteiger partial charge in [-0.3, -0.25) is 4.79 Å². The molecule has 0 fully saturated rings. The van der Waals surface area contributed by atoms with Gasteiger partial charge in [-0.25, -0.2) is 4.98 Å². The summed E-state index contributed by atoms with van der Waals surface area (Å²) >= 11 is 1.37. The molecule has 31 heavy (non-hydrogen) atoms. The number of nitrogens with zero attached hydrogens (tertiary/aromatic N) is 2. The van der Waals surface area contributed by atoms with Crippen LogP contribution in [-0.2, 0) is 4.79 Å². The van der Waals surface area contributed by atoms with Crippen molar-refractivity contribution in [2.24, 2.45) is 0 Å². The smallest absolute Gasteiger partial charge is 0.308 e. The maximum absolute atomic E-state index is 11.2. The van der Waals surface area contributed by atoms with E-state index in [1.807, 2.05) is 23.6 Å². The second kappa shape index (κ2) is 9.78. The number of hydrogen-bond donors (Lipinski definition) is 0. The van der Waals surface area contributed by atoms with Gasteiger partial charge in [-0.2, -0.15) is 5.26 Å². The van der Waals surface area contributed by atoms with Crippen molar-refractivity contribution < 1.29 is 23.7 Å². The number of benzene rings is 2. The molecule has 0 bridgehead atoms. The molecule has 0 aliphatic carbocycles. The van der Waals surface area contributed by atoms with Crippen molar-refractivity contribution in [2.75, 3.05) is 21.3 Å². The highest BCUT2D eigenvalue weighted by Gasteiger charge is 2.13. The van der Waals surface area contributed by atoms with Crippen LogP contribution >= 0.6 is 11.3 Å². The van der Waals surface area contributed by atoms with E-state index in [1.54, 1.807) is 38.5 Å². The molecule has 0 aliphatic rings. The van der Waals surface area contributed by atoms with Crippen LogP contribution in [0.1, 0.15) is 17.5 Å². The summed E-state index contributed by atoms with van der Waals surface area (Å²) < 4.78 is 21.0. The Labute approximate surface area is 184 Å². The number of rotatable bonds is 7. The molecular formula is C23H20N2O5S. The first kappa shape index (κ1) is 21.9. The van der Waals surface area contributed by atoms with E-state index >= 15 is 0 Å². The normalized spacial score (nSPS) is 10.9. The molecule has 1 aromatic heterocycles. The zero-order chi connectivity index (χ0) is 22.4. The van der Waals surface area contributed by atoms with Gasteiger partial charge in [0.15, 0.2) is 23.0 Å². The minimum absolute atomic E-state index is 0.315. The Bertz CT molecular complexity index is 1180. The van der Waals surface area contributed by atoms with Crippen LogP contribution in [0.5, 0.6) is 23.0 Å². The van der Waals surface area contributed by atoms with Crippen LogP contribution in [0.15, 0.2) is 41.8 Å². The molecule has 0 radical (unpaired) electrons. The van der Waals surface area contributed by atoms with E-state index in [2.05, 4.69) is 11.1 Å². The second-order valence-corrected chi connectivity index (χ2v) is 7.14. The average Bonchev–Trinajstić information content (AvgIpc) is 3.27. The molecule has 0 N–H and O–H groups in total. The van der Waals surface area contributed by atoms with Gasteiger partial charge < -0.3 is 18.9 Å². The third-order valence-corrected chi connectivity index (χ3v) is 5.16. The minimum atomic E-state index is -0.440. The summed E-state index contributed by atoms with van der Waals surface area (Å²) in [6.45, 7) is 1.32. The van der Waals surface area contributed by atoms with Crippen LogP contribution in [0.3, 0.4) is 0 Å². The first-order valence-corrected chi connectivity index (χ1v) is 10.0. The Hall–Kier alpha value is -3.83. The van der Waals surface area contributed by atoms with Crippen molar-refractivity contribution in [1.29, 1.82) is 5.26 Å². The summed E-state index contributed by atoms with van der Waals surface area (Å²) in [5, 5.41) is 12.1. The van der Waals surface area contributed by atoms with Gasteiger partial charge in [0, 0.05) is 17.9 Å². The highest BCUT2D eigenvalue weighted by atomic mass is 32.1. The van der Waals surface area contributed by atoms with Gasteiger partial charge in [-0.15, -0.1) is 11.3 Å². The molecule has 0 amide bonds. The molecule has 0 saturated heterocycles. The molecule has 158 valence electrons. The molecular weight excluding hydrogens is 416 g/mol. The van der Waals surface area contributed by atoms with Crippen molar-refractivity contribution in [2.45, 2.75) is 6.92 Å². The van der Waals surface area contributed by atoms with Crippen molar-refractivity contribution >= 4 is 29.0 Å². The number of carbonyl (C=O) groups is 1. The number of ether oxygens (including phenoxy) is 4. The summed E-state index contributed by atoms with van der Waals surface area (Å²) in [7, 11) is 4.64. The van der Waals surface area contributed by atoms with Crippen LogP contribution < -0.4 is 18.9 Å². The highest BCUT2D eigenvalue weighted by Crippen LogP contribution is 2.34. The summed E-state index contributed by atoms with van der Waals surface area (Å²) in [5.41, 5.74) is 2.70. The maximum atomic E-state index is 11.2. The van der Waals surface area contributed by atoms with Gasteiger partial charge in [0.2, 0.25) is 0 Å². The monoisotopic (exact) mass is 436 g/mol. The van der Waals surface area contributed by atoms with Gasteiger partial charge in [0.1, 0.15) is 11.1 Å². The molecule has 0 saturated carbocycles. The van der Waals surface area contributed by atoms with Gasteiger partial charge in [-0.1, -0.05) is 6.07 Å². The van der Waals surface area contributed by atoms with E-state index < -0.39 is 5.97 Å². The van der Waals surface area contributed by atoms with E-state index in [0.717, 1.165) is 11.3 Å². The van der Waals surface area contributed by atoms with Crippen molar-refractivity contribution in [3.8, 4) is 40.3 Å². The lowest BCUT2D eigenvalue weighted by molar-refractivity contribution is -0.132. The summed E-state index contributed by atoms with van der Waals surface area (Å²) in [5.74, 6) is 1.50. The van der Waals surface area contributed by atoms with E-state index in [1.165, 1.54) is 25.4 Å². The van der Waals surface area contributed by atoms with Crippen molar-refractivity contribution in [1.82, 2.24) is 4.98 Å². The molecule has 1 heterocycles. The lowest BCUT2D eigenvalue weighted by atomic mass is 10.1. The van der Waals surface area contributed by atoms with Crippen molar-refractivity contribution in [3.05, 3.63) is 52.3 Å². The highest BCUT2D eigenvalue weighted by molar-refractivity contribution is 7.11. The number of esters is 1. The van der Waals surface area contributed by atoms with E-state index in [-0.39, 0.29) is 0 Å². The predicted octanol–water partition coefficient (Wildman–Crippen LogP) is 4.83. The summed E-state index contributed by atoms with van der Waals surface area (Å²) in [4.78, 5) is 15.8. The second-order valence-electron chi connectivity index (χ2n) is 6.28. The fraction of sp³-hybridized carbons (Fsp3) is 0.174. The minimum Gasteiger partial charge on any atom is -0.493 e. The molecule has 8 heteroatoms. The quantitative estimate of drug-likeness (QED) is 0.298. The van der Waals surface area contributed by atoms with E-state index in [0.29, 0.717) is 39.1 Å². The number of methoxy groups -OCH3 is 3. The largest absolute Gasteiger partial charge is 0.493 e. The SMILES string of the molecule is COc1ccc(-c2csc(/C(C#N)=C\c3ccc(OC(C)=O)c(OC)c3)n2)cc1OC. The molecule has 0 unspecified atom stereocenters. The third-order valence-electron chi connectivity index (χ3n) is 4.29. The zero-order valence-corrected chi connectivity index (χ0v) is 18.3. The zero-order valence-electron chi connectivity index (χ0n) is 17.5. The molecule has 3 aromatic rings. The van der Waals surface area contributed by atoms with E-state index in [9.17, 15) is 10.1 Å². The number of aromatic nitrogens is 1. The summed E-state index contributed by atoms with van der Waals surface area (Å²) in [6.07, 6.45) is 1.71. The molecule has 0 atom stereocenters. The lowest BCUT2D eigenvalue weighted by Crippen LogP contribution is -2.03. The molecule has 0 aliphatic heterocycles. The third kappa shape index (κ3) is 5.02. The fourth-order valence-electron chi connectivity index (χ4n) is 2.85. The Kier molecular flexibility index (Phi) is 6.90. The Morgan fingerprint density at radius 3 is 2.32 bits per heavy atom. The first-order chi connectivity index (χ1) is 15.0. The van der Waals surface area contributed by atoms with Crippen LogP contribution in [0.2, 0.25) is 0 Å². The standard InChI is InChI=1S/C23H20N2O5S/c1-14(26)30-20-7-5-15(10-21(20)28-3)9-17(12-24)23-25-18(13-31-23)16-6-8-19(27-2)22(11-16)29-4/h5-11,13H,1-4H3/b17-9-. The van der Waals surface area contributed by atoms with Crippen molar-refractivity contribution in [3.63, 3.8) is 0 Å². The van der Waals surface area contributed by atoms with Crippen LogP contribution in [0.4, 0.5) is 0 Å². The number of hydrogen-bond acceptors (Lipinski definition) is 8. The number of nitriles is 1. The van der Waals surface area contributed by atoms with Crippen LogP contribution in [0, 0.1) is 11.3 Å². The Balaban J connectivity index is 1.92. The maximum Gasteiger partial charge on any atom is 0.308 e. The molecule has 2 aromatic carbocycles. The number of allylic oxidation sites excluding steroid dienone is 1. The van der Waals surface area contributed by atoms with Gasteiger partial charge >= 0.3 is 5.97 Å². The Morgan fingerprint density at radius 2 is 1.68 bits per heavy atom. The van der Waals surface area contributed by atoms with Gasteiger partial charge in [0.05, 0.1) is 32.6 Å². The van der Waals surface area contributed by atoms with Crippen LogP contribution in [-0.4, -0.2) is 32.3 Å². The molecule has 7 nitrogen and oxygen atoms in total. The number of thiazole rings is 1. The van der Waals surface area contributed by atoms with E-state index in [4.69, 9.17) is 18.9 Å².